The minimum absolute atomic E-state index is 0.00127. The van der Waals surface area contributed by atoms with Gasteiger partial charge < -0.3 is 97.5 Å². The zero-order chi connectivity index (χ0) is 74.9. The molecular formula is C81H122N2O23S. The highest BCUT2D eigenvalue weighted by Gasteiger charge is 2.71. The van der Waals surface area contributed by atoms with Crippen molar-refractivity contribution in [3.05, 3.63) is 48.6 Å². The highest BCUT2D eigenvalue weighted by atomic mass is 32.2. The van der Waals surface area contributed by atoms with Gasteiger partial charge in [-0.3, -0.25) is 14.1 Å². The molecule has 0 aliphatic carbocycles. The average molecular weight is 1520 g/mol. The first-order chi connectivity index (χ1) is 51.1. The molecule has 0 radical (unpaired) electrons. The van der Waals surface area contributed by atoms with Crippen molar-refractivity contribution in [2.24, 2.45) is 47.0 Å². The van der Waals surface area contributed by atoms with Crippen LogP contribution in [-0.4, -0.2) is 249 Å². The fourth-order valence-electron chi connectivity index (χ4n) is 22.6. The molecule has 2 spiro atoms. The second-order valence-corrected chi connectivity index (χ2v) is 37.4. The van der Waals surface area contributed by atoms with Crippen molar-refractivity contribution in [1.82, 2.24) is 0 Å². The first kappa shape index (κ1) is 78.3. The number of carbonyl (C=O) groups excluding carboxylic acids is 2. The Morgan fingerprint density at radius 2 is 0.766 bits per heavy atom. The third kappa shape index (κ3) is 16.3. The van der Waals surface area contributed by atoms with E-state index < -0.39 is 33.9 Å². The molecule has 6 unspecified atom stereocenters. The van der Waals surface area contributed by atoms with Gasteiger partial charge in [-0.15, -0.1) is 0 Å². The maximum Gasteiger partial charge on any atom is 0.261 e. The second kappa shape index (κ2) is 31.5. The number of rotatable bonds is 6. The zero-order valence-electron chi connectivity index (χ0n) is 63.5. The highest BCUT2D eigenvalue weighted by Crippen LogP contribution is 2.58. The Hall–Kier alpha value is -2.59. The molecule has 20 heterocycles. The molecule has 20 saturated heterocycles. The molecular weight excluding hydrogens is 1400 g/mol. The lowest BCUT2D eigenvalue weighted by Crippen LogP contribution is -2.61. The van der Waals surface area contributed by atoms with Gasteiger partial charge in [-0.1, -0.05) is 54.0 Å². The van der Waals surface area contributed by atoms with Crippen molar-refractivity contribution in [2.45, 2.75) is 389 Å². The van der Waals surface area contributed by atoms with E-state index in [0.29, 0.717) is 95.1 Å². The summed E-state index contributed by atoms with van der Waals surface area (Å²) in [6.45, 7) is 27.0. The normalized spacial score (nSPS) is 51.2. The number of Topliss-reactive ketones (excluding diaryl/α,β-unsaturated/α-hetero) is 2. The molecule has 107 heavy (non-hydrogen) atoms. The second-order valence-electron chi connectivity index (χ2n) is 35.9. The molecule has 0 saturated carbocycles. The molecule has 600 valence electrons. The predicted octanol–water partition coefficient (Wildman–Crippen LogP) is 7.62. The summed E-state index contributed by atoms with van der Waals surface area (Å²) in [6.07, 6.45) is 13.6. The van der Waals surface area contributed by atoms with Gasteiger partial charge in [-0.05, 0) is 148 Å². The molecule has 26 heteroatoms. The molecule has 20 aliphatic heterocycles. The SMILES string of the molecule is C=C1C[C@@H]2CC[C@@]34C[C@H]5O[C@H]6[C@@H](O3)[C@H]3OC(CC[C@@H]3O[C@H]6[C@H]5O4)CC(=O)C[C@@H]3[C@@H](C)[C@@H](C[C@H](O)CN)O[C@H]3CC3O[C@@H](CCC1O2)C[C@@H](C)C3=C.C=C1C[C@@H]2CC[C@@]34C[C@H]5O[C@H]6[C@@H](O3)[C@H]3OC(CC[C@@H]3O[C@H]6[C@H]5O4)CC(=O)C[C@@H]3[C@@H](C)[C@@H](C[C@H](O)CN)O[C@H]3CC3O[C@@H](CCC1O2)C[C@@H](C)C3=C.CS(=O)(=O)O. The van der Waals surface area contributed by atoms with Crippen molar-refractivity contribution >= 4 is 21.7 Å². The van der Waals surface area contributed by atoms with Crippen molar-refractivity contribution in [3.63, 3.8) is 0 Å². The van der Waals surface area contributed by atoms with Crippen molar-refractivity contribution < 1.29 is 109 Å². The van der Waals surface area contributed by atoms with Crippen LogP contribution >= 0.6 is 0 Å². The van der Waals surface area contributed by atoms with Crippen LogP contribution in [0.25, 0.3) is 0 Å². The molecule has 7 N–H and O–H groups in total. The van der Waals surface area contributed by atoms with Crippen molar-refractivity contribution in [3.8, 4) is 0 Å². The van der Waals surface area contributed by atoms with Gasteiger partial charge in [-0.2, -0.15) is 8.42 Å². The van der Waals surface area contributed by atoms with E-state index in [1.165, 1.54) is 0 Å². The zero-order valence-corrected chi connectivity index (χ0v) is 64.3. The van der Waals surface area contributed by atoms with Crippen LogP contribution in [0, 0.1) is 35.5 Å². The molecule has 25 nitrogen and oxygen atoms in total. The Kier molecular flexibility index (Phi) is 23.1. The van der Waals surface area contributed by atoms with Gasteiger partial charge in [0, 0.05) is 90.1 Å². The molecule has 0 amide bonds. The first-order valence-corrected chi connectivity index (χ1v) is 43.0. The van der Waals surface area contributed by atoms with Crippen LogP contribution in [0.2, 0.25) is 0 Å². The third-order valence-corrected chi connectivity index (χ3v) is 28.4. The first-order valence-electron chi connectivity index (χ1n) is 41.1. The van der Waals surface area contributed by atoms with Gasteiger partial charge >= 0.3 is 0 Å². The van der Waals surface area contributed by atoms with Gasteiger partial charge in [0.15, 0.2) is 11.6 Å². The van der Waals surface area contributed by atoms with Crippen molar-refractivity contribution in [1.29, 1.82) is 0 Å². The Bertz CT molecular complexity index is 3180. The van der Waals surface area contributed by atoms with E-state index >= 15 is 0 Å². The van der Waals surface area contributed by atoms with Crippen LogP contribution in [0.1, 0.15) is 195 Å². The van der Waals surface area contributed by atoms with Gasteiger partial charge in [0.1, 0.15) is 72.6 Å². The third-order valence-electron chi connectivity index (χ3n) is 28.4. The van der Waals surface area contributed by atoms with E-state index in [9.17, 15) is 28.2 Å². The maximum absolute atomic E-state index is 14.0. The van der Waals surface area contributed by atoms with Gasteiger partial charge in [0.05, 0.1) is 128 Å². The molecule has 0 aromatic carbocycles. The molecule has 38 atom stereocenters. The summed E-state index contributed by atoms with van der Waals surface area (Å²) in [4.78, 5) is 28.0. The summed E-state index contributed by atoms with van der Waals surface area (Å²) in [5.74, 6) is -0.444. The van der Waals surface area contributed by atoms with Gasteiger partial charge in [-0.25, -0.2) is 0 Å². The lowest BCUT2D eigenvalue weighted by atomic mass is 9.78. The maximum atomic E-state index is 14.0. The lowest BCUT2D eigenvalue weighted by molar-refractivity contribution is -0.292. The largest absolute Gasteiger partial charge is 0.392 e. The van der Waals surface area contributed by atoms with Crippen LogP contribution in [-0.2, 0) is 95.5 Å². The molecule has 0 aromatic rings. The Morgan fingerprint density at radius 3 is 1.17 bits per heavy atom. The minimum atomic E-state index is -3.67. The van der Waals surface area contributed by atoms with E-state index in [2.05, 4.69) is 54.0 Å². The summed E-state index contributed by atoms with van der Waals surface area (Å²) < 4.78 is 134. The number of fused-ring (bicyclic) bond motifs is 12. The van der Waals surface area contributed by atoms with Crippen LogP contribution in [0.3, 0.4) is 0 Å². The number of nitrogens with two attached hydrogens (primary N) is 2. The summed E-state index contributed by atoms with van der Waals surface area (Å²) in [5, 5.41) is 21.0. The molecule has 0 aromatic heterocycles. The number of aliphatic hydroxyl groups is 2. The van der Waals surface area contributed by atoms with E-state index in [1.807, 2.05) is 0 Å². The number of aliphatic hydroxyl groups excluding tert-OH is 2. The summed E-state index contributed by atoms with van der Waals surface area (Å²) in [6, 6.07) is 0. The Balaban J connectivity index is 0.000000154. The fraction of sp³-hybridized carbons (Fsp3) is 0.877. The summed E-state index contributed by atoms with van der Waals surface area (Å²) in [5.41, 5.74) is 16.1. The predicted molar refractivity (Wildman–Crippen MR) is 387 cm³/mol. The summed E-state index contributed by atoms with van der Waals surface area (Å²) >= 11 is 0. The number of carbonyl (C=O) groups is 2. The van der Waals surface area contributed by atoms with Crippen LogP contribution in [0.4, 0.5) is 0 Å². The average Bonchev–Trinajstić information content (AvgIpc) is 1.55. The van der Waals surface area contributed by atoms with E-state index in [0.717, 1.165) is 112 Å². The Morgan fingerprint density at radius 1 is 0.411 bits per heavy atom. The quantitative estimate of drug-likeness (QED) is 0.126. The van der Waals surface area contributed by atoms with Crippen molar-refractivity contribution in [2.75, 3.05) is 19.3 Å². The van der Waals surface area contributed by atoms with Crippen LogP contribution in [0.5, 0.6) is 0 Å². The van der Waals surface area contributed by atoms with Gasteiger partial charge in [0.25, 0.3) is 10.1 Å². The summed E-state index contributed by atoms with van der Waals surface area (Å²) in [7, 11) is -3.67. The number of ketones is 2. The van der Waals surface area contributed by atoms with Crippen LogP contribution in [0.15, 0.2) is 48.6 Å². The molecule has 24 bridgehead atoms. The number of hydrogen-bond acceptors (Lipinski definition) is 24. The lowest BCUT2D eigenvalue weighted by Gasteiger charge is -2.47. The monoisotopic (exact) mass is 1520 g/mol. The number of hydrogen-bond donors (Lipinski definition) is 5. The topological polar surface area (TPSA) is 329 Å². The van der Waals surface area contributed by atoms with E-state index in [-0.39, 0.29) is 219 Å². The Labute approximate surface area is 631 Å². The smallest absolute Gasteiger partial charge is 0.261 e. The van der Waals surface area contributed by atoms with E-state index in [1.54, 1.807) is 0 Å². The molecule has 20 fully saturated rings. The fourth-order valence-corrected chi connectivity index (χ4v) is 22.6. The minimum Gasteiger partial charge on any atom is -0.392 e. The number of ether oxygens (including phenoxy) is 16. The molecule has 20 aliphatic rings. The van der Waals surface area contributed by atoms with E-state index in [4.69, 9.17) is 91.8 Å². The highest BCUT2D eigenvalue weighted by molar-refractivity contribution is 7.85. The standard InChI is InChI=1S/2C40H59NO10.CH4O3S/c2*1-19-11-25-5-7-29-20(2)12-27(44-29)9-10-40-17-34-36(50-40)37-38(49-34)39(51-40)35-30(48-37)8-6-26(46-35)13-23(42)14-28-22(4)31(15-24(43)18-41)47-33(28)16-32(45-25)21(19)3;1-5(2,3)4/h2*19,22,24-39,43H,2-3,5-18,41H2,1,4H3;1H3,(H,2,3,4)/t2*19-,22-,24+,25+,26?,27+,28-,29?,30+,31-,32?,33+,34-,35+,36+,37+,38-,39+,40+;/m11./s1. The van der Waals surface area contributed by atoms with Gasteiger partial charge in [0.2, 0.25) is 0 Å². The molecule has 20 rings (SSSR count). The van der Waals surface area contributed by atoms with Crippen LogP contribution < -0.4 is 11.5 Å².